The van der Waals surface area contributed by atoms with Gasteiger partial charge in [0.25, 0.3) is 0 Å². The Morgan fingerprint density at radius 2 is 1.92 bits per heavy atom. The number of carbonyl (C=O) groups excluding carboxylic acids is 3. The Hall–Kier alpha value is -2.43. The fraction of sp³-hybridized carbons (Fsp3) is 0.450. The Bertz CT molecular complexity index is 802. The predicted octanol–water partition coefficient (Wildman–Crippen LogP) is 2.97. The molecule has 0 saturated carbocycles. The number of esters is 2. The third kappa shape index (κ3) is 2.88. The first kappa shape index (κ1) is 17.4. The molecule has 5 nitrogen and oxygen atoms in total. The van der Waals surface area contributed by atoms with Crippen molar-refractivity contribution in [1.29, 1.82) is 0 Å². The zero-order valence-corrected chi connectivity index (χ0v) is 15.1. The van der Waals surface area contributed by atoms with Crippen molar-refractivity contribution in [3.05, 3.63) is 45.6 Å². The van der Waals surface area contributed by atoms with Crippen molar-refractivity contribution in [2.75, 3.05) is 0 Å². The van der Waals surface area contributed by atoms with E-state index in [2.05, 4.69) is 0 Å². The number of hydrogen-bond donors (Lipinski definition) is 0. The molecule has 5 heteroatoms. The Morgan fingerprint density at radius 3 is 2.56 bits per heavy atom. The highest BCUT2D eigenvalue weighted by Crippen LogP contribution is 2.46. The second kappa shape index (κ2) is 6.14. The van der Waals surface area contributed by atoms with E-state index in [9.17, 15) is 14.4 Å². The Kier molecular flexibility index (Phi) is 4.27. The smallest absolute Gasteiger partial charge is 0.334 e. The summed E-state index contributed by atoms with van der Waals surface area (Å²) in [6, 6.07) is 0. The zero-order chi connectivity index (χ0) is 18.5. The van der Waals surface area contributed by atoms with Crippen LogP contribution in [0.2, 0.25) is 0 Å². The van der Waals surface area contributed by atoms with E-state index in [0.29, 0.717) is 23.1 Å². The van der Waals surface area contributed by atoms with Gasteiger partial charge in [0.1, 0.15) is 12.2 Å². The molecule has 0 amide bonds. The second-order valence-corrected chi connectivity index (χ2v) is 7.18. The molecule has 0 N–H and O–H groups in total. The first-order valence-corrected chi connectivity index (χ1v) is 8.40. The van der Waals surface area contributed by atoms with Crippen LogP contribution in [-0.2, 0) is 23.9 Å². The predicted molar refractivity (Wildman–Crippen MR) is 91.5 cm³/mol. The molecule has 1 aliphatic heterocycles. The lowest BCUT2D eigenvalue weighted by Crippen LogP contribution is -2.30. The van der Waals surface area contributed by atoms with Crippen molar-refractivity contribution in [3.8, 4) is 0 Å². The van der Waals surface area contributed by atoms with Gasteiger partial charge in [-0.25, -0.2) is 9.59 Å². The van der Waals surface area contributed by atoms with Crippen molar-refractivity contribution < 1.29 is 23.9 Å². The minimum atomic E-state index is -0.599. The van der Waals surface area contributed by atoms with E-state index in [1.165, 1.54) is 6.08 Å². The van der Waals surface area contributed by atoms with Crippen molar-refractivity contribution in [3.63, 3.8) is 0 Å². The zero-order valence-electron chi connectivity index (χ0n) is 15.1. The number of allylic oxidation sites excluding steroid dienone is 2. The van der Waals surface area contributed by atoms with Gasteiger partial charge in [-0.05, 0) is 40.7 Å². The van der Waals surface area contributed by atoms with Crippen LogP contribution in [-0.4, -0.2) is 29.9 Å². The molecule has 0 spiro atoms. The number of hydrogen-bond acceptors (Lipinski definition) is 5. The summed E-state index contributed by atoms with van der Waals surface area (Å²) in [6.45, 7) is 9.07. The van der Waals surface area contributed by atoms with Crippen LogP contribution < -0.4 is 0 Å². The van der Waals surface area contributed by atoms with E-state index in [-0.39, 0.29) is 11.7 Å². The van der Waals surface area contributed by atoms with Gasteiger partial charge in [-0.2, -0.15) is 0 Å². The van der Waals surface area contributed by atoms with Crippen LogP contribution in [0.15, 0.2) is 45.6 Å². The first-order chi connectivity index (χ1) is 11.7. The van der Waals surface area contributed by atoms with Gasteiger partial charge in [-0.3, -0.25) is 4.79 Å². The molecule has 0 aromatic heterocycles. The molecule has 0 aromatic carbocycles. The molecule has 3 atom stereocenters. The number of carbonyl (C=O) groups is 3. The number of ketones is 1. The van der Waals surface area contributed by atoms with Gasteiger partial charge >= 0.3 is 11.9 Å². The molecule has 132 valence electrons. The van der Waals surface area contributed by atoms with E-state index in [4.69, 9.17) is 9.47 Å². The third-order valence-electron chi connectivity index (χ3n) is 4.97. The summed E-state index contributed by atoms with van der Waals surface area (Å²) in [5, 5.41) is 0. The number of fused-ring (bicyclic) bond motifs is 3. The summed E-state index contributed by atoms with van der Waals surface area (Å²) < 4.78 is 11.2. The summed E-state index contributed by atoms with van der Waals surface area (Å²) in [4.78, 5) is 36.7. The number of rotatable bonds is 2. The average molecular weight is 342 g/mol. The quantitative estimate of drug-likeness (QED) is 0.570. The molecule has 2 aliphatic carbocycles. The van der Waals surface area contributed by atoms with Gasteiger partial charge in [0, 0.05) is 29.2 Å². The molecule has 0 saturated heterocycles. The van der Waals surface area contributed by atoms with Gasteiger partial charge in [-0.1, -0.05) is 16.7 Å². The maximum absolute atomic E-state index is 12.4. The van der Waals surface area contributed by atoms with Crippen LogP contribution in [0.3, 0.4) is 0 Å². The Labute approximate surface area is 147 Å². The molecule has 0 aromatic rings. The summed E-state index contributed by atoms with van der Waals surface area (Å²) in [7, 11) is 0. The summed E-state index contributed by atoms with van der Waals surface area (Å²) in [5.74, 6) is -1.19. The summed E-state index contributed by atoms with van der Waals surface area (Å²) in [5.41, 5.74) is 4.41. The SMILES string of the molecule is CC(C)=CC(=O)OC1CC(C)=C2C(=O)C=C(C)C2C2OC(=O)C(C)=C12. The minimum Gasteiger partial charge on any atom is -0.454 e. The van der Waals surface area contributed by atoms with E-state index in [0.717, 1.165) is 16.7 Å². The van der Waals surface area contributed by atoms with Gasteiger partial charge in [-0.15, -0.1) is 0 Å². The van der Waals surface area contributed by atoms with Crippen molar-refractivity contribution in [1.82, 2.24) is 0 Å². The van der Waals surface area contributed by atoms with Gasteiger partial charge in [0.2, 0.25) is 0 Å². The lowest BCUT2D eigenvalue weighted by molar-refractivity contribution is -0.142. The van der Waals surface area contributed by atoms with Crippen LogP contribution in [0.5, 0.6) is 0 Å². The molecule has 3 aliphatic rings. The second-order valence-electron chi connectivity index (χ2n) is 7.18. The molecule has 3 unspecified atom stereocenters. The molecular weight excluding hydrogens is 320 g/mol. The number of ether oxygens (including phenoxy) is 2. The molecule has 0 bridgehead atoms. The molecule has 3 rings (SSSR count). The Morgan fingerprint density at radius 1 is 1.24 bits per heavy atom. The van der Waals surface area contributed by atoms with Crippen LogP contribution >= 0.6 is 0 Å². The van der Waals surface area contributed by atoms with Crippen LogP contribution in [0.4, 0.5) is 0 Å². The average Bonchev–Trinajstić information content (AvgIpc) is 2.89. The summed E-state index contributed by atoms with van der Waals surface area (Å²) in [6.07, 6.45) is 2.25. The van der Waals surface area contributed by atoms with Gasteiger partial charge < -0.3 is 9.47 Å². The first-order valence-electron chi connectivity index (χ1n) is 8.40. The molecule has 0 fully saturated rings. The van der Waals surface area contributed by atoms with Crippen molar-refractivity contribution in [2.45, 2.75) is 53.2 Å². The van der Waals surface area contributed by atoms with Crippen LogP contribution in [0.25, 0.3) is 0 Å². The standard InChI is InChI=1S/C20H22O5/c1-9(2)6-15(22)24-14-8-11(4)16-13(21)7-10(3)17(16)19-18(14)12(5)20(23)25-19/h6-7,14,17,19H,8H2,1-5H3. The molecule has 25 heavy (non-hydrogen) atoms. The van der Waals surface area contributed by atoms with Crippen LogP contribution in [0.1, 0.15) is 41.0 Å². The van der Waals surface area contributed by atoms with Gasteiger partial charge in [0.05, 0.1) is 5.92 Å². The molecule has 0 radical (unpaired) electrons. The fourth-order valence-electron chi connectivity index (χ4n) is 3.90. The molecule has 1 heterocycles. The monoisotopic (exact) mass is 342 g/mol. The maximum Gasteiger partial charge on any atom is 0.334 e. The van der Waals surface area contributed by atoms with E-state index in [1.54, 1.807) is 13.0 Å². The van der Waals surface area contributed by atoms with Gasteiger partial charge in [0.15, 0.2) is 5.78 Å². The fourth-order valence-corrected chi connectivity index (χ4v) is 3.90. The van der Waals surface area contributed by atoms with E-state index < -0.39 is 24.1 Å². The highest BCUT2D eigenvalue weighted by molar-refractivity contribution is 6.09. The van der Waals surface area contributed by atoms with Crippen LogP contribution in [0, 0.1) is 5.92 Å². The Balaban J connectivity index is 2.06. The topological polar surface area (TPSA) is 69.7 Å². The van der Waals surface area contributed by atoms with E-state index in [1.807, 2.05) is 27.7 Å². The molecular formula is C20H22O5. The largest absolute Gasteiger partial charge is 0.454 e. The summed E-state index contributed by atoms with van der Waals surface area (Å²) >= 11 is 0. The third-order valence-corrected chi connectivity index (χ3v) is 4.97. The normalized spacial score (nSPS) is 28.2. The lowest BCUT2D eigenvalue weighted by atomic mass is 9.86. The minimum absolute atomic E-state index is 0.0452. The maximum atomic E-state index is 12.4. The highest BCUT2D eigenvalue weighted by atomic mass is 16.6. The lowest BCUT2D eigenvalue weighted by Gasteiger charge is -2.24. The van der Waals surface area contributed by atoms with Crippen molar-refractivity contribution >= 4 is 17.7 Å². The highest BCUT2D eigenvalue weighted by Gasteiger charge is 2.49. The van der Waals surface area contributed by atoms with E-state index >= 15 is 0 Å². The van der Waals surface area contributed by atoms with Crippen molar-refractivity contribution in [2.24, 2.45) is 5.92 Å².